The van der Waals surface area contributed by atoms with E-state index < -0.39 is 19.7 Å². The summed E-state index contributed by atoms with van der Waals surface area (Å²) >= 11 is 0. The summed E-state index contributed by atoms with van der Waals surface area (Å²) in [6.45, 7) is 1.49. The first-order valence-corrected chi connectivity index (χ1v) is 10.6. The highest BCUT2D eigenvalue weighted by molar-refractivity contribution is 7.91. The minimum absolute atomic E-state index is 0.0153. The van der Waals surface area contributed by atoms with Crippen LogP contribution in [-0.2, 0) is 19.7 Å². The Balaban J connectivity index is 2.28. The van der Waals surface area contributed by atoms with Gasteiger partial charge in [0.25, 0.3) is 5.89 Å². The van der Waals surface area contributed by atoms with Crippen molar-refractivity contribution in [3.8, 4) is 11.6 Å². The molecule has 3 heterocycles. The fourth-order valence-corrected chi connectivity index (χ4v) is 3.83. The largest absolute Gasteiger partial charge is 0.616 e. The highest BCUT2D eigenvalue weighted by Crippen LogP contribution is 2.28. The lowest BCUT2D eigenvalue weighted by molar-refractivity contribution is -0.586. The highest BCUT2D eigenvalue weighted by Gasteiger charge is 2.25. The molecule has 9 nitrogen and oxygen atoms in total. The third-order valence-corrected chi connectivity index (χ3v) is 6.31. The molecule has 0 spiro atoms. The van der Waals surface area contributed by atoms with Crippen molar-refractivity contribution in [2.45, 2.75) is 16.7 Å². The van der Waals surface area contributed by atoms with Crippen LogP contribution in [0.2, 0.25) is 0 Å². The van der Waals surface area contributed by atoms with E-state index in [0.29, 0.717) is 0 Å². The zero-order chi connectivity index (χ0) is 18.4. The van der Waals surface area contributed by atoms with Gasteiger partial charge in [0.1, 0.15) is 10.6 Å². The predicted octanol–water partition coefficient (Wildman–Crippen LogP) is 0.720. The lowest BCUT2D eigenvalue weighted by Crippen LogP contribution is -2.27. The molecule has 0 atom stereocenters. The third-order valence-electron chi connectivity index (χ3n) is 3.47. The van der Waals surface area contributed by atoms with Gasteiger partial charge in [0.15, 0.2) is 25.2 Å². The number of fused-ring (bicyclic) bond motifs is 1. The Morgan fingerprint density at radius 2 is 2.00 bits per heavy atom. The molecule has 25 heavy (non-hydrogen) atoms. The van der Waals surface area contributed by atoms with Crippen LogP contribution < -0.4 is 4.73 Å². The topological polar surface area (TPSA) is 134 Å². The molecular formula is C14H13N3O6S2. The molecule has 0 N–H and O–H groups in total. The molecule has 0 aliphatic rings. The summed E-state index contributed by atoms with van der Waals surface area (Å²) < 4.78 is 53.3. The van der Waals surface area contributed by atoms with Gasteiger partial charge in [-0.25, -0.2) is 26.8 Å². The number of nitrogens with zero attached hydrogens (tertiary/aromatic N) is 3. The standard InChI is InChI=1S/C14H13N3O6S2/c1-3-25(21,22)11-5-4-6-15-12(11)13-16-10-7-9(24(2,19)20)8-17(18)14(10)23-13/h4-8H,3H2,1-2H3. The van der Waals surface area contributed by atoms with Gasteiger partial charge in [-0.05, 0) is 18.2 Å². The second kappa shape index (κ2) is 5.77. The molecule has 0 amide bonds. The fraction of sp³-hybridized carbons (Fsp3) is 0.214. The molecule has 0 aromatic carbocycles. The molecule has 132 valence electrons. The Bertz CT molecular complexity index is 1180. The van der Waals surface area contributed by atoms with Crippen molar-refractivity contribution in [2.24, 2.45) is 0 Å². The Kier molecular flexibility index (Phi) is 4.00. The number of rotatable bonds is 4. The van der Waals surface area contributed by atoms with Crippen LogP contribution in [0.25, 0.3) is 22.8 Å². The van der Waals surface area contributed by atoms with Crippen LogP contribution >= 0.6 is 0 Å². The van der Waals surface area contributed by atoms with Crippen molar-refractivity contribution in [1.29, 1.82) is 0 Å². The van der Waals surface area contributed by atoms with E-state index in [0.717, 1.165) is 12.5 Å². The first-order valence-electron chi connectivity index (χ1n) is 7.05. The minimum Gasteiger partial charge on any atom is -0.616 e. The van der Waals surface area contributed by atoms with Gasteiger partial charge in [-0.2, -0.15) is 0 Å². The number of oxazole rings is 1. The van der Waals surface area contributed by atoms with Gasteiger partial charge >= 0.3 is 5.71 Å². The Morgan fingerprint density at radius 3 is 2.64 bits per heavy atom. The molecule has 3 aromatic heterocycles. The van der Waals surface area contributed by atoms with E-state index >= 15 is 0 Å². The van der Waals surface area contributed by atoms with Crippen LogP contribution in [0.4, 0.5) is 0 Å². The number of hydrogen-bond acceptors (Lipinski definition) is 8. The van der Waals surface area contributed by atoms with Crippen LogP contribution in [0.1, 0.15) is 6.92 Å². The SMILES string of the molecule is CCS(=O)(=O)c1cccnc1-c1nc2cc(S(C)(=O)=O)c[n+]([O-])c2o1. The number of hydrogen-bond donors (Lipinski definition) is 0. The lowest BCUT2D eigenvalue weighted by Gasteiger charge is -2.04. The van der Waals surface area contributed by atoms with Gasteiger partial charge in [0, 0.05) is 12.5 Å². The second-order valence-corrected chi connectivity index (χ2v) is 9.50. The summed E-state index contributed by atoms with van der Waals surface area (Å²) in [4.78, 5) is 7.74. The predicted molar refractivity (Wildman–Crippen MR) is 87.0 cm³/mol. The maximum absolute atomic E-state index is 12.2. The molecule has 11 heteroatoms. The summed E-state index contributed by atoms with van der Waals surface area (Å²) in [5.74, 6) is -0.330. The van der Waals surface area contributed by atoms with E-state index in [2.05, 4.69) is 9.97 Å². The van der Waals surface area contributed by atoms with Crippen LogP contribution in [0.5, 0.6) is 0 Å². The first-order chi connectivity index (χ1) is 11.6. The molecular weight excluding hydrogens is 370 g/mol. The Labute approximate surface area is 143 Å². The third kappa shape index (κ3) is 3.07. The van der Waals surface area contributed by atoms with Crippen molar-refractivity contribution in [1.82, 2.24) is 9.97 Å². The average Bonchev–Trinajstić information content (AvgIpc) is 2.99. The minimum atomic E-state index is -3.62. The van der Waals surface area contributed by atoms with Crippen molar-refractivity contribution in [3.63, 3.8) is 0 Å². The van der Waals surface area contributed by atoms with Crippen LogP contribution in [0.15, 0.2) is 44.8 Å². The zero-order valence-electron chi connectivity index (χ0n) is 13.2. The summed E-state index contributed by atoms with van der Waals surface area (Å²) in [5, 5.41) is 12.0. The molecule has 0 fully saturated rings. The smallest absolute Gasteiger partial charge is 0.413 e. The first kappa shape index (κ1) is 17.3. The number of pyridine rings is 2. The van der Waals surface area contributed by atoms with Crippen molar-refractivity contribution in [3.05, 3.63) is 35.8 Å². The van der Waals surface area contributed by atoms with E-state index in [9.17, 15) is 22.0 Å². The molecule has 3 aromatic rings. The molecule has 0 aliphatic carbocycles. The normalized spacial score (nSPS) is 12.6. The lowest BCUT2D eigenvalue weighted by atomic mass is 10.3. The van der Waals surface area contributed by atoms with Crippen molar-refractivity contribution >= 4 is 30.9 Å². The van der Waals surface area contributed by atoms with Crippen LogP contribution in [-0.4, -0.2) is 38.8 Å². The van der Waals surface area contributed by atoms with E-state index in [-0.39, 0.29) is 43.1 Å². The molecule has 0 radical (unpaired) electrons. The van der Waals surface area contributed by atoms with Crippen molar-refractivity contribution < 1.29 is 26.0 Å². The van der Waals surface area contributed by atoms with Crippen LogP contribution in [0, 0.1) is 5.21 Å². The van der Waals surface area contributed by atoms with Crippen LogP contribution in [0.3, 0.4) is 0 Å². The summed E-state index contributed by atoms with van der Waals surface area (Å²) in [5.41, 5.74) is -0.298. The average molecular weight is 383 g/mol. The zero-order valence-corrected chi connectivity index (χ0v) is 14.8. The van der Waals surface area contributed by atoms with Crippen molar-refractivity contribution in [2.75, 3.05) is 12.0 Å². The van der Waals surface area contributed by atoms with Gasteiger partial charge in [0.2, 0.25) is 6.20 Å². The Morgan fingerprint density at radius 1 is 1.28 bits per heavy atom. The number of sulfone groups is 2. The van der Waals surface area contributed by atoms with Gasteiger partial charge in [0.05, 0.1) is 10.6 Å². The summed E-state index contributed by atoms with van der Waals surface area (Å²) in [7, 11) is -7.22. The van der Waals surface area contributed by atoms with E-state index in [1.807, 2.05) is 0 Å². The second-order valence-electron chi connectivity index (χ2n) is 5.24. The molecule has 0 saturated heterocycles. The van der Waals surface area contributed by atoms with Gasteiger partial charge < -0.3 is 9.62 Å². The summed E-state index contributed by atoms with van der Waals surface area (Å²) in [6, 6.07) is 4.01. The molecule has 0 bridgehead atoms. The monoisotopic (exact) mass is 383 g/mol. The number of aromatic nitrogens is 3. The fourth-order valence-electron chi connectivity index (χ4n) is 2.18. The van der Waals surface area contributed by atoms with Gasteiger partial charge in [-0.1, -0.05) is 6.92 Å². The van der Waals surface area contributed by atoms with Gasteiger partial charge in [-0.3, -0.25) is 0 Å². The molecule has 0 saturated carbocycles. The van der Waals surface area contributed by atoms with Gasteiger partial charge in [-0.15, -0.1) is 4.73 Å². The van der Waals surface area contributed by atoms with E-state index in [4.69, 9.17) is 4.42 Å². The highest BCUT2D eigenvalue weighted by atomic mass is 32.2. The molecule has 3 rings (SSSR count). The maximum Gasteiger partial charge on any atom is 0.413 e. The molecule has 0 aliphatic heterocycles. The summed E-state index contributed by atoms with van der Waals surface area (Å²) in [6.07, 6.45) is 3.18. The van der Waals surface area contributed by atoms with E-state index in [1.165, 1.54) is 31.3 Å². The van der Waals surface area contributed by atoms with E-state index in [1.54, 1.807) is 0 Å². The Hall–Kier alpha value is -2.53. The quantitative estimate of drug-likeness (QED) is 0.475. The maximum atomic E-state index is 12.2. The molecule has 0 unspecified atom stereocenters.